The highest BCUT2D eigenvalue weighted by Crippen LogP contribution is 2.20. The van der Waals surface area contributed by atoms with Gasteiger partial charge in [0.05, 0.1) is 30.5 Å². The van der Waals surface area contributed by atoms with Gasteiger partial charge in [0, 0.05) is 6.07 Å². The van der Waals surface area contributed by atoms with Crippen molar-refractivity contribution < 1.29 is 0 Å². The number of hydrogen-bond acceptors (Lipinski definition) is 7. The molecule has 0 aliphatic heterocycles. The molecule has 0 amide bonds. The third-order valence-electron chi connectivity index (χ3n) is 2.43. The molecule has 0 spiro atoms. The van der Waals surface area contributed by atoms with E-state index < -0.39 is 0 Å². The molecule has 0 aliphatic rings. The first kappa shape index (κ1) is 10.8. The standard InChI is InChI=1S/C10H7N9/c11-6-7-8(12)5-9(18-3-1-13-16-18)15-10(7)19-4-2-14-17-19/h1-5H,(H2,12,15). The van der Waals surface area contributed by atoms with Gasteiger partial charge in [-0.3, -0.25) is 0 Å². The minimum absolute atomic E-state index is 0.231. The van der Waals surface area contributed by atoms with Crippen molar-refractivity contribution in [1.82, 2.24) is 35.0 Å². The highest BCUT2D eigenvalue weighted by atomic mass is 15.5. The second kappa shape index (κ2) is 4.19. The van der Waals surface area contributed by atoms with E-state index in [-0.39, 0.29) is 11.3 Å². The van der Waals surface area contributed by atoms with Crippen LogP contribution in [0, 0.1) is 11.3 Å². The van der Waals surface area contributed by atoms with Crippen molar-refractivity contribution in [3.63, 3.8) is 0 Å². The quantitative estimate of drug-likeness (QED) is 0.664. The molecule has 92 valence electrons. The average molecular weight is 253 g/mol. The number of nitriles is 1. The third-order valence-corrected chi connectivity index (χ3v) is 2.43. The number of hydrogen-bond donors (Lipinski definition) is 1. The fourth-order valence-electron chi connectivity index (χ4n) is 1.59. The molecule has 0 unspecified atom stereocenters. The van der Waals surface area contributed by atoms with E-state index in [0.717, 1.165) is 0 Å². The second-order valence-electron chi connectivity index (χ2n) is 3.58. The van der Waals surface area contributed by atoms with E-state index >= 15 is 0 Å². The van der Waals surface area contributed by atoms with E-state index in [4.69, 9.17) is 11.0 Å². The molecule has 9 nitrogen and oxygen atoms in total. The van der Waals surface area contributed by atoms with Crippen LogP contribution in [0.4, 0.5) is 5.69 Å². The Morgan fingerprint density at radius 3 is 2.37 bits per heavy atom. The summed E-state index contributed by atoms with van der Waals surface area (Å²) in [6.07, 6.45) is 6.21. The summed E-state index contributed by atoms with van der Waals surface area (Å²) in [5.41, 5.74) is 6.38. The molecule has 0 aliphatic carbocycles. The van der Waals surface area contributed by atoms with Crippen LogP contribution in [0.5, 0.6) is 0 Å². The highest BCUT2D eigenvalue weighted by Gasteiger charge is 2.14. The number of anilines is 1. The van der Waals surface area contributed by atoms with Gasteiger partial charge in [0.1, 0.15) is 11.6 Å². The maximum Gasteiger partial charge on any atom is 0.177 e. The molecule has 0 fully saturated rings. The van der Waals surface area contributed by atoms with Gasteiger partial charge in [-0.05, 0) is 0 Å². The predicted molar refractivity (Wildman–Crippen MR) is 63.2 cm³/mol. The van der Waals surface area contributed by atoms with Crippen molar-refractivity contribution in [2.45, 2.75) is 0 Å². The minimum atomic E-state index is 0.231. The number of nitrogens with two attached hydrogens (primary N) is 1. The van der Waals surface area contributed by atoms with Crippen molar-refractivity contribution in [2.75, 3.05) is 5.73 Å². The maximum absolute atomic E-state index is 9.15. The number of nitrogens with zero attached hydrogens (tertiary/aromatic N) is 8. The molecule has 0 atom stereocenters. The molecule has 9 heteroatoms. The number of rotatable bonds is 2. The third kappa shape index (κ3) is 1.77. The van der Waals surface area contributed by atoms with Crippen LogP contribution < -0.4 is 5.73 Å². The van der Waals surface area contributed by atoms with E-state index in [1.165, 1.54) is 21.8 Å². The van der Waals surface area contributed by atoms with Crippen LogP contribution in [0.15, 0.2) is 30.9 Å². The summed E-state index contributed by atoms with van der Waals surface area (Å²) in [7, 11) is 0. The van der Waals surface area contributed by atoms with Crippen molar-refractivity contribution in [3.05, 3.63) is 36.4 Å². The number of pyridine rings is 1. The Bertz CT molecular complexity index is 736. The second-order valence-corrected chi connectivity index (χ2v) is 3.58. The maximum atomic E-state index is 9.15. The van der Waals surface area contributed by atoms with Gasteiger partial charge < -0.3 is 5.73 Å². The monoisotopic (exact) mass is 253 g/mol. The van der Waals surface area contributed by atoms with Crippen molar-refractivity contribution in [3.8, 4) is 17.7 Å². The van der Waals surface area contributed by atoms with Crippen molar-refractivity contribution in [2.24, 2.45) is 0 Å². The zero-order valence-electron chi connectivity index (χ0n) is 9.54. The topological polar surface area (TPSA) is 124 Å². The van der Waals surface area contributed by atoms with E-state index in [0.29, 0.717) is 11.6 Å². The van der Waals surface area contributed by atoms with E-state index in [1.54, 1.807) is 18.5 Å². The van der Waals surface area contributed by atoms with Crippen molar-refractivity contribution in [1.29, 1.82) is 5.26 Å². The Hall–Kier alpha value is -3.28. The first-order chi connectivity index (χ1) is 9.29. The Balaban J connectivity index is 2.25. The molecule has 0 bridgehead atoms. The Kier molecular flexibility index (Phi) is 2.39. The summed E-state index contributed by atoms with van der Waals surface area (Å²) in [6, 6.07) is 3.55. The fourth-order valence-corrected chi connectivity index (χ4v) is 1.59. The van der Waals surface area contributed by atoms with Gasteiger partial charge in [0.15, 0.2) is 11.6 Å². The molecule has 0 radical (unpaired) electrons. The lowest BCUT2D eigenvalue weighted by Gasteiger charge is -2.08. The first-order valence-corrected chi connectivity index (χ1v) is 5.23. The predicted octanol–water partition coefficient (Wildman–Crippen LogP) is -0.303. The van der Waals surface area contributed by atoms with Crippen LogP contribution in [0.25, 0.3) is 11.6 Å². The lowest BCUT2D eigenvalue weighted by molar-refractivity contribution is 0.748. The van der Waals surface area contributed by atoms with Crippen LogP contribution in [-0.4, -0.2) is 35.0 Å². The Labute approximate surface area is 106 Å². The molecule has 2 N–H and O–H groups in total. The largest absolute Gasteiger partial charge is 0.397 e. The molecule has 3 aromatic rings. The van der Waals surface area contributed by atoms with E-state index in [2.05, 4.69) is 25.6 Å². The zero-order chi connectivity index (χ0) is 13.2. The van der Waals surface area contributed by atoms with Gasteiger partial charge in [-0.1, -0.05) is 10.4 Å². The highest BCUT2D eigenvalue weighted by molar-refractivity contribution is 5.63. The molecule has 0 saturated heterocycles. The van der Waals surface area contributed by atoms with Gasteiger partial charge in [0.25, 0.3) is 0 Å². The molecular weight excluding hydrogens is 246 g/mol. The summed E-state index contributed by atoms with van der Waals surface area (Å²) in [5, 5.41) is 24.2. The minimum Gasteiger partial charge on any atom is -0.397 e. The van der Waals surface area contributed by atoms with Crippen LogP contribution in [0.3, 0.4) is 0 Å². The summed E-state index contributed by atoms with van der Waals surface area (Å²) in [4.78, 5) is 4.31. The number of aromatic nitrogens is 7. The molecular formula is C10H7N9. The van der Waals surface area contributed by atoms with E-state index in [9.17, 15) is 0 Å². The van der Waals surface area contributed by atoms with Crippen LogP contribution in [0.1, 0.15) is 5.56 Å². The van der Waals surface area contributed by atoms with Crippen LogP contribution in [-0.2, 0) is 0 Å². The van der Waals surface area contributed by atoms with Gasteiger partial charge in [-0.2, -0.15) is 5.26 Å². The summed E-state index contributed by atoms with van der Waals surface area (Å²) in [5.74, 6) is 0.741. The molecule has 19 heavy (non-hydrogen) atoms. The summed E-state index contributed by atoms with van der Waals surface area (Å²) >= 11 is 0. The molecule has 3 aromatic heterocycles. The van der Waals surface area contributed by atoms with Gasteiger partial charge in [-0.25, -0.2) is 14.3 Å². The summed E-state index contributed by atoms with van der Waals surface area (Å²) in [6.45, 7) is 0. The zero-order valence-corrected chi connectivity index (χ0v) is 9.54. The molecule has 0 saturated carbocycles. The van der Waals surface area contributed by atoms with Gasteiger partial charge in [0.2, 0.25) is 0 Å². The molecule has 0 aromatic carbocycles. The smallest absolute Gasteiger partial charge is 0.177 e. The Morgan fingerprint density at radius 2 is 1.79 bits per heavy atom. The van der Waals surface area contributed by atoms with Crippen LogP contribution in [0.2, 0.25) is 0 Å². The number of nitrogen functional groups attached to an aromatic ring is 1. The lowest BCUT2D eigenvalue weighted by atomic mass is 10.2. The average Bonchev–Trinajstić information content (AvgIpc) is 3.11. The molecule has 3 rings (SSSR count). The molecule has 3 heterocycles. The van der Waals surface area contributed by atoms with Crippen molar-refractivity contribution >= 4 is 5.69 Å². The SMILES string of the molecule is N#Cc1c(N)cc(-n2ccnn2)nc1-n1ccnn1. The fraction of sp³-hybridized carbons (Fsp3) is 0. The van der Waals surface area contributed by atoms with Gasteiger partial charge >= 0.3 is 0 Å². The first-order valence-electron chi connectivity index (χ1n) is 5.23. The lowest BCUT2D eigenvalue weighted by Crippen LogP contribution is -2.09. The van der Waals surface area contributed by atoms with Gasteiger partial charge in [-0.15, -0.1) is 10.2 Å². The van der Waals surface area contributed by atoms with E-state index in [1.807, 2.05) is 6.07 Å². The summed E-state index contributed by atoms with van der Waals surface area (Å²) < 4.78 is 2.81. The van der Waals surface area contributed by atoms with Crippen LogP contribution >= 0.6 is 0 Å². The normalized spacial score (nSPS) is 10.3. The Morgan fingerprint density at radius 1 is 1.11 bits per heavy atom.